The minimum atomic E-state index is -0.544. The van der Waals surface area contributed by atoms with Gasteiger partial charge in [0.05, 0.1) is 18.1 Å². The highest BCUT2D eigenvalue weighted by molar-refractivity contribution is 9.10. The molecule has 0 fully saturated rings. The Hall–Kier alpha value is -1.62. The second-order valence-corrected chi connectivity index (χ2v) is 4.35. The molecule has 1 N–H and O–H groups in total. The van der Waals surface area contributed by atoms with Crippen LogP contribution in [-0.2, 0) is 6.54 Å². The largest absolute Gasteiger partial charge is 0.472 e. The third-order valence-electron chi connectivity index (χ3n) is 2.21. The number of hydrogen-bond donors (Lipinski definition) is 1. The van der Waals surface area contributed by atoms with Crippen LogP contribution in [0.2, 0.25) is 0 Å². The summed E-state index contributed by atoms with van der Waals surface area (Å²) in [4.78, 5) is 11.7. The third-order valence-corrected chi connectivity index (χ3v) is 2.70. The van der Waals surface area contributed by atoms with Crippen molar-refractivity contribution in [1.82, 2.24) is 5.32 Å². The number of halogens is 2. The first-order chi connectivity index (χ1) is 8.16. The fourth-order valence-electron chi connectivity index (χ4n) is 1.34. The molecule has 1 heterocycles. The van der Waals surface area contributed by atoms with Crippen molar-refractivity contribution in [2.45, 2.75) is 6.54 Å². The van der Waals surface area contributed by atoms with Gasteiger partial charge in [-0.3, -0.25) is 4.79 Å². The quantitative estimate of drug-likeness (QED) is 0.946. The van der Waals surface area contributed by atoms with Gasteiger partial charge >= 0.3 is 0 Å². The van der Waals surface area contributed by atoms with Crippen molar-refractivity contribution in [3.05, 3.63) is 58.2 Å². The van der Waals surface area contributed by atoms with Crippen LogP contribution in [0.25, 0.3) is 0 Å². The van der Waals surface area contributed by atoms with E-state index in [-0.39, 0.29) is 5.56 Å². The lowest BCUT2D eigenvalue weighted by molar-refractivity contribution is 0.0947. The number of hydrogen-bond acceptors (Lipinski definition) is 2. The maximum absolute atomic E-state index is 13.4. The van der Waals surface area contributed by atoms with E-state index in [2.05, 4.69) is 21.2 Å². The van der Waals surface area contributed by atoms with Crippen LogP contribution in [0.4, 0.5) is 4.39 Å². The molecular weight excluding hydrogens is 289 g/mol. The molecule has 1 aromatic carbocycles. The standard InChI is InChI=1S/C12H9BrFNO2/c13-9-1-2-11(14)10(5-9)12(16)15-6-8-3-4-17-7-8/h1-5,7H,6H2,(H,15,16). The first-order valence-corrected chi connectivity index (χ1v) is 5.70. The highest BCUT2D eigenvalue weighted by Gasteiger charge is 2.11. The summed E-state index contributed by atoms with van der Waals surface area (Å²) in [6.45, 7) is 0.307. The van der Waals surface area contributed by atoms with Gasteiger partial charge in [-0.25, -0.2) is 4.39 Å². The Morgan fingerprint density at radius 3 is 2.94 bits per heavy atom. The van der Waals surface area contributed by atoms with Crippen molar-refractivity contribution in [2.24, 2.45) is 0 Å². The molecule has 1 amide bonds. The molecule has 0 atom stereocenters. The predicted octanol–water partition coefficient (Wildman–Crippen LogP) is 3.11. The van der Waals surface area contributed by atoms with E-state index in [0.29, 0.717) is 11.0 Å². The monoisotopic (exact) mass is 297 g/mol. The van der Waals surface area contributed by atoms with Crippen molar-refractivity contribution >= 4 is 21.8 Å². The van der Waals surface area contributed by atoms with E-state index in [4.69, 9.17) is 4.42 Å². The molecule has 1 aromatic heterocycles. The molecule has 0 spiro atoms. The van der Waals surface area contributed by atoms with Gasteiger partial charge in [0.25, 0.3) is 5.91 Å². The van der Waals surface area contributed by atoms with Crippen molar-refractivity contribution in [1.29, 1.82) is 0 Å². The van der Waals surface area contributed by atoms with E-state index in [1.165, 1.54) is 24.7 Å². The van der Waals surface area contributed by atoms with E-state index in [1.807, 2.05) is 0 Å². The summed E-state index contributed by atoms with van der Waals surface area (Å²) in [6.07, 6.45) is 3.04. The average Bonchev–Trinajstić information content (AvgIpc) is 2.82. The molecule has 0 aliphatic carbocycles. The molecule has 17 heavy (non-hydrogen) atoms. The van der Waals surface area contributed by atoms with Crippen LogP contribution in [-0.4, -0.2) is 5.91 Å². The minimum absolute atomic E-state index is 0.0165. The van der Waals surface area contributed by atoms with Crippen molar-refractivity contribution < 1.29 is 13.6 Å². The Morgan fingerprint density at radius 1 is 1.41 bits per heavy atom. The number of carbonyl (C=O) groups excluding carboxylic acids is 1. The van der Waals surface area contributed by atoms with E-state index >= 15 is 0 Å². The highest BCUT2D eigenvalue weighted by atomic mass is 79.9. The molecule has 0 bridgehead atoms. The first-order valence-electron chi connectivity index (χ1n) is 4.91. The summed E-state index contributed by atoms with van der Waals surface area (Å²) in [5.74, 6) is -0.997. The van der Waals surface area contributed by atoms with Crippen LogP contribution in [0.5, 0.6) is 0 Å². The van der Waals surface area contributed by atoms with Crippen LogP contribution < -0.4 is 5.32 Å². The lowest BCUT2D eigenvalue weighted by Gasteiger charge is -2.05. The Morgan fingerprint density at radius 2 is 2.24 bits per heavy atom. The van der Waals surface area contributed by atoms with Crippen LogP contribution in [0.3, 0.4) is 0 Å². The Bertz CT molecular complexity index is 525. The van der Waals surface area contributed by atoms with Gasteiger partial charge in [0.2, 0.25) is 0 Å². The molecule has 2 aromatic rings. The summed E-state index contributed by atoms with van der Waals surface area (Å²) in [5, 5.41) is 2.61. The van der Waals surface area contributed by atoms with E-state index in [0.717, 1.165) is 5.56 Å². The van der Waals surface area contributed by atoms with Crippen molar-refractivity contribution in [3.8, 4) is 0 Å². The predicted molar refractivity (Wildman–Crippen MR) is 64.0 cm³/mol. The zero-order chi connectivity index (χ0) is 12.3. The van der Waals surface area contributed by atoms with E-state index in [9.17, 15) is 9.18 Å². The molecule has 88 valence electrons. The molecule has 0 aliphatic rings. The molecule has 5 heteroatoms. The van der Waals surface area contributed by atoms with Crippen molar-refractivity contribution in [3.63, 3.8) is 0 Å². The molecule has 2 rings (SSSR count). The van der Waals surface area contributed by atoms with Crippen LogP contribution in [0.1, 0.15) is 15.9 Å². The normalized spacial score (nSPS) is 10.2. The minimum Gasteiger partial charge on any atom is -0.472 e. The molecule has 0 unspecified atom stereocenters. The third kappa shape index (κ3) is 2.94. The van der Waals surface area contributed by atoms with Crippen LogP contribution in [0, 0.1) is 5.82 Å². The highest BCUT2D eigenvalue weighted by Crippen LogP contribution is 2.15. The zero-order valence-electron chi connectivity index (χ0n) is 8.74. The number of nitrogens with one attached hydrogen (secondary N) is 1. The van der Waals surface area contributed by atoms with Gasteiger partial charge in [0.1, 0.15) is 5.82 Å². The van der Waals surface area contributed by atoms with Gasteiger partial charge in [0.15, 0.2) is 0 Å². The number of carbonyl (C=O) groups is 1. The van der Waals surface area contributed by atoms with Crippen molar-refractivity contribution in [2.75, 3.05) is 0 Å². The number of amides is 1. The SMILES string of the molecule is O=C(NCc1ccoc1)c1cc(Br)ccc1F. The molecule has 3 nitrogen and oxygen atoms in total. The average molecular weight is 298 g/mol. The summed E-state index contributed by atoms with van der Waals surface area (Å²) in [5.41, 5.74) is 0.844. The number of benzene rings is 1. The zero-order valence-corrected chi connectivity index (χ0v) is 10.3. The maximum atomic E-state index is 13.4. The number of furan rings is 1. The van der Waals surface area contributed by atoms with Gasteiger partial charge in [-0.2, -0.15) is 0 Å². The summed E-state index contributed by atoms with van der Waals surface area (Å²) in [6, 6.07) is 5.97. The topological polar surface area (TPSA) is 42.2 Å². The lowest BCUT2D eigenvalue weighted by Crippen LogP contribution is -2.23. The molecule has 0 radical (unpaired) electrons. The Balaban J connectivity index is 2.07. The van der Waals surface area contributed by atoms with Gasteiger partial charge < -0.3 is 9.73 Å². The maximum Gasteiger partial charge on any atom is 0.254 e. The smallest absolute Gasteiger partial charge is 0.254 e. The summed E-state index contributed by atoms with van der Waals surface area (Å²) in [7, 11) is 0. The summed E-state index contributed by atoms with van der Waals surface area (Å²) >= 11 is 3.19. The second kappa shape index (κ2) is 5.14. The second-order valence-electron chi connectivity index (χ2n) is 3.44. The Kier molecular flexibility index (Phi) is 3.58. The Labute approximate surface area is 106 Å². The fraction of sp³-hybridized carbons (Fsp3) is 0.0833. The first kappa shape index (κ1) is 11.9. The molecular formula is C12H9BrFNO2. The number of rotatable bonds is 3. The van der Waals surface area contributed by atoms with Gasteiger partial charge in [-0.15, -0.1) is 0 Å². The molecule has 0 aliphatic heterocycles. The van der Waals surface area contributed by atoms with Crippen LogP contribution in [0.15, 0.2) is 45.7 Å². The molecule has 0 saturated carbocycles. The summed E-state index contributed by atoms with van der Waals surface area (Å²) < 4.78 is 18.9. The van der Waals surface area contributed by atoms with Gasteiger partial charge in [-0.05, 0) is 24.3 Å². The van der Waals surface area contributed by atoms with E-state index in [1.54, 1.807) is 12.1 Å². The fourth-order valence-corrected chi connectivity index (χ4v) is 1.70. The van der Waals surface area contributed by atoms with E-state index < -0.39 is 11.7 Å². The lowest BCUT2D eigenvalue weighted by atomic mass is 10.2. The molecule has 0 saturated heterocycles. The van der Waals surface area contributed by atoms with Gasteiger partial charge in [0, 0.05) is 16.6 Å². The van der Waals surface area contributed by atoms with Crippen LogP contribution >= 0.6 is 15.9 Å². The van der Waals surface area contributed by atoms with Gasteiger partial charge in [-0.1, -0.05) is 15.9 Å².